The van der Waals surface area contributed by atoms with Gasteiger partial charge in [0, 0.05) is 21.8 Å². The molecule has 80 valence electrons. The van der Waals surface area contributed by atoms with Gasteiger partial charge in [0.1, 0.15) is 0 Å². The molecule has 1 heterocycles. The van der Waals surface area contributed by atoms with E-state index in [-0.39, 0.29) is 0 Å². The Bertz CT molecular complexity index is 252. The SMILES string of the molecule is ClCCCCCNCc1sccc1Br. The minimum absolute atomic E-state index is 0.788. The van der Waals surface area contributed by atoms with Crippen LogP contribution in [0.5, 0.6) is 0 Å². The number of hydrogen-bond acceptors (Lipinski definition) is 2. The molecule has 1 nitrogen and oxygen atoms in total. The molecule has 0 radical (unpaired) electrons. The summed E-state index contributed by atoms with van der Waals surface area (Å²) in [6.45, 7) is 2.06. The predicted molar refractivity (Wildman–Crippen MR) is 68.3 cm³/mol. The van der Waals surface area contributed by atoms with Crippen LogP contribution in [-0.4, -0.2) is 12.4 Å². The van der Waals surface area contributed by atoms with Gasteiger partial charge in [-0.1, -0.05) is 6.42 Å². The van der Waals surface area contributed by atoms with E-state index in [2.05, 4.69) is 32.7 Å². The van der Waals surface area contributed by atoms with E-state index in [0.29, 0.717) is 0 Å². The van der Waals surface area contributed by atoms with Crippen molar-refractivity contribution in [2.24, 2.45) is 0 Å². The van der Waals surface area contributed by atoms with E-state index in [1.54, 1.807) is 11.3 Å². The van der Waals surface area contributed by atoms with Gasteiger partial charge in [0.25, 0.3) is 0 Å². The van der Waals surface area contributed by atoms with Crippen molar-refractivity contribution >= 4 is 38.9 Å². The summed E-state index contributed by atoms with van der Waals surface area (Å²) in [6.07, 6.45) is 3.57. The van der Waals surface area contributed by atoms with E-state index in [4.69, 9.17) is 11.6 Å². The Labute approximate surface area is 103 Å². The third-order valence-electron chi connectivity index (χ3n) is 1.96. The van der Waals surface area contributed by atoms with Gasteiger partial charge in [0.15, 0.2) is 0 Å². The molecular weight excluding hydrogens is 282 g/mol. The van der Waals surface area contributed by atoms with Gasteiger partial charge in [-0.05, 0) is 46.8 Å². The van der Waals surface area contributed by atoms with Crippen LogP contribution in [0.25, 0.3) is 0 Å². The van der Waals surface area contributed by atoms with Crippen LogP contribution < -0.4 is 5.32 Å². The van der Waals surface area contributed by atoms with Crippen molar-refractivity contribution in [3.63, 3.8) is 0 Å². The largest absolute Gasteiger partial charge is 0.312 e. The second-order valence-electron chi connectivity index (χ2n) is 3.12. The standard InChI is InChI=1S/C10H15BrClNS/c11-9-4-7-14-10(9)8-13-6-3-1-2-5-12/h4,7,13H,1-3,5-6,8H2. The molecule has 0 bridgehead atoms. The van der Waals surface area contributed by atoms with Crippen molar-refractivity contribution in [2.45, 2.75) is 25.8 Å². The van der Waals surface area contributed by atoms with Crippen molar-refractivity contribution in [3.8, 4) is 0 Å². The van der Waals surface area contributed by atoms with Crippen LogP contribution >= 0.6 is 38.9 Å². The summed E-state index contributed by atoms with van der Waals surface area (Å²) < 4.78 is 1.22. The molecule has 0 amide bonds. The van der Waals surface area contributed by atoms with Gasteiger partial charge in [0.05, 0.1) is 0 Å². The van der Waals surface area contributed by atoms with Gasteiger partial charge in [-0.3, -0.25) is 0 Å². The lowest BCUT2D eigenvalue weighted by molar-refractivity contribution is 0.621. The van der Waals surface area contributed by atoms with Crippen molar-refractivity contribution in [2.75, 3.05) is 12.4 Å². The molecule has 0 fully saturated rings. The van der Waals surface area contributed by atoms with E-state index < -0.39 is 0 Å². The number of thiophene rings is 1. The maximum Gasteiger partial charge on any atom is 0.0327 e. The van der Waals surface area contributed by atoms with Crippen LogP contribution in [0, 0.1) is 0 Å². The molecule has 0 aliphatic carbocycles. The quantitative estimate of drug-likeness (QED) is 0.592. The molecule has 0 saturated heterocycles. The normalized spacial score (nSPS) is 10.7. The number of unbranched alkanes of at least 4 members (excludes halogenated alkanes) is 2. The number of nitrogens with one attached hydrogen (secondary N) is 1. The summed E-state index contributed by atoms with van der Waals surface area (Å²) >= 11 is 10.9. The second kappa shape index (κ2) is 7.69. The molecule has 4 heteroatoms. The zero-order valence-electron chi connectivity index (χ0n) is 8.06. The molecule has 1 rings (SSSR count). The van der Waals surface area contributed by atoms with Gasteiger partial charge in [-0.2, -0.15) is 0 Å². The highest BCUT2D eigenvalue weighted by atomic mass is 79.9. The summed E-state index contributed by atoms with van der Waals surface area (Å²) in [5, 5.41) is 5.53. The molecule has 0 spiro atoms. The van der Waals surface area contributed by atoms with Crippen molar-refractivity contribution in [1.82, 2.24) is 5.32 Å². The average Bonchev–Trinajstić information content (AvgIpc) is 2.58. The first-order valence-electron chi connectivity index (χ1n) is 4.83. The van der Waals surface area contributed by atoms with E-state index in [9.17, 15) is 0 Å². The third kappa shape index (κ3) is 4.78. The molecule has 0 aliphatic rings. The molecule has 1 aromatic heterocycles. The van der Waals surface area contributed by atoms with Crippen molar-refractivity contribution < 1.29 is 0 Å². The van der Waals surface area contributed by atoms with Gasteiger partial charge in [-0.15, -0.1) is 22.9 Å². The Kier molecular flexibility index (Phi) is 6.86. The van der Waals surface area contributed by atoms with Crippen LogP contribution in [0.2, 0.25) is 0 Å². The van der Waals surface area contributed by atoms with Crippen LogP contribution in [0.15, 0.2) is 15.9 Å². The number of halogens is 2. The zero-order chi connectivity index (χ0) is 10.2. The highest BCUT2D eigenvalue weighted by Crippen LogP contribution is 2.21. The first kappa shape index (κ1) is 12.5. The summed E-state index contributed by atoms with van der Waals surface area (Å²) in [5.41, 5.74) is 0. The van der Waals surface area contributed by atoms with Gasteiger partial charge >= 0.3 is 0 Å². The number of hydrogen-bond donors (Lipinski definition) is 1. The van der Waals surface area contributed by atoms with E-state index in [0.717, 1.165) is 25.4 Å². The van der Waals surface area contributed by atoms with Gasteiger partial charge in [0.2, 0.25) is 0 Å². The van der Waals surface area contributed by atoms with E-state index >= 15 is 0 Å². The predicted octanol–water partition coefficient (Wildman–Crippen LogP) is 4.01. The summed E-state index contributed by atoms with van der Waals surface area (Å²) in [7, 11) is 0. The smallest absolute Gasteiger partial charge is 0.0327 e. The average molecular weight is 297 g/mol. The molecule has 1 aromatic rings. The Morgan fingerprint density at radius 3 is 2.86 bits per heavy atom. The highest BCUT2D eigenvalue weighted by Gasteiger charge is 1.99. The van der Waals surface area contributed by atoms with Crippen LogP contribution in [0.4, 0.5) is 0 Å². The van der Waals surface area contributed by atoms with Crippen LogP contribution in [-0.2, 0) is 6.54 Å². The lowest BCUT2D eigenvalue weighted by Gasteiger charge is -2.02. The van der Waals surface area contributed by atoms with Crippen LogP contribution in [0.3, 0.4) is 0 Å². The molecule has 0 atom stereocenters. The zero-order valence-corrected chi connectivity index (χ0v) is 11.2. The third-order valence-corrected chi connectivity index (χ3v) is 4.16. The first-order chi connectivity index (χ1) is 6.84. The lowest BCUT2D eigenvalue weighted by atomic mass is 10.2. The Morgan fingerprint density at radius 1 is 1.36 bits per heavy atom. The van der Waals surface area contributed by atoms with E-state index in [1.807, 2.05) is 0 Å². The van der Waals surface area contributed by atoms with Crippen molar-refractivity contribution in [1.29, 1.82) is 0 Å². The van der Waals surface area contributed by atoms with E-state index in [1.165, 1.54) is 22.2 Å². The van der Waals surface area contributed by atoms with Crippen molar-refractivity contribution in [3.05, 3.63) is 20.8 Å². The van der Waals surface area contributed by atoms with Gasteiger partial charge in [-0.25, -0.2) is 0 Å². The lowest BCUT2D eigenvalue weighted by Crippen LogP contribution is -2.14. The fraction of sp³-hybridized carbons (Fsp3) is 0.600. The van der Waals surface area contributed by atoms with Gasteiger partial charge < -0.3 is 5.32 Å². The summed E-state index contributed by atoms with van der Waals surface area (Å²) in [6, 6.07) is 2.09. The molecule has 0 aromatic carbocycles. The molecule has 0 saturated carbocycles. The molecule has 0 aliphatic heterocycles. The summed E-state index contributed by atoms with van der Waals surface area (Å²) in [4.78, 5) is 1.38. The maximum absolute atomic E-state index is 5.59. The minimum atomic E-state index is 0.788. The fourth-order valence-corrected chi connectivity index (χ4v) is 2.83. The fourth-order valence-electron chi connectivity index (χ4n) is 1.17. The second-order valence-corrected chi connectivity index (χ2v) is 5.35. The number of rotatable bonds is 7. The van der Waals surface area contributed by atoms with Crippen LogP contribution in [0.1, 0.15) is 24.1 Å². The Morgan fingerprint density at radius 2 is 2.21 bits per heavy atom. The Hall–Kier alpha value is 0.430. The topological polar surface area (TPSA) is 12.0 Å². The monoisotopic (exact) mass is 295 g/mol. The summed E-state index contributed by atoms with van der Waals surface area (Å²) in [5.74, 6) is 0.788. The minimum Gasteiger partial charge on any atom is -0.312 e. The molecule has 14 heavy (non-hydrogen) atoms. The molecule has 1 N–H and O–H groups in total. The maximum atomic E-state index is 5.59. The Balaban J connectivity index is 2.02. The molecular formula is C10H15BrClNS. The highest BCUT2D eigenvalue weighted by molar-refractivity contribution is 9.10. The molecule has 0 unspecified atom stereocenters. The first-order valence-corrected chi connectivity index (χ1v) is 7.04. The number of alkyl halides is 1.